The van der Waals surface area contributed by atoms with Gasteiger partial charge in [0.2, 0.25) is 0 Å². The first-order valence-corrected chi connectivity index (χ1v) is 16.2. The molecule has 0 saturated heterocycles. The second-order valence-electron chi connectivity index (χ2n) is 10.0. The van der Waals surface area contributed by atoms with E-state index in [4.69, 9.17) is 0 Å². The molecule has 0 unspecified atom stereocenters. The molecule has 2 nitrogen and oxygen atoms in total. The minimum atomic E-state index is -1.23. The molecule has 6 heteroatoms. The fraction of sp³-hybridized carbons (Fsp3) is 0.0857. The molecular formula is C35H28BIrN2SiY-4. The maximum Gasteiger partial charge on any atom is 0.0795 e. The van der Waals surface area contributed by atoms with Gasteiger partial charge in [-0.1, -0.05) is 67.1 Å². The summed E-state index contributed by atoms with van der Waals surface area (Å²) in [6.45, 7) is 7.00. The molecule has 6 rings (SSSR count). The third-order valence-electron chi connectivity index (χ3n) is 6.22. The summed E-state index contributed by atoms with van der Waals surface area (Å²) in [6, 6.07) is 47.7. The number of pyridine rings is 2. The van der Waals surface area contributed by atoms with Gasteiger partial charge < -0.3 is 16.0 Å². The second kappa shape index (κ2) is 16.2. The summed E-state index contributed by atoms with van der Waals surface area (Å²) in [4.78, 5) is 8.88. The quantitative estimate of drug-likeness (QED) is 0.135. The number of fused-ring (bicyclic) bond motifs is 1. The minimum Gasteiger partial charge on any atom is -0.352 e. The van der Waals surface area contributed by atoms with Gasteiger partial charge in [0.25, 0.3) is 0 Å². The summed E-state index contributed by atoms with van der Waals surface area (Å²) in [5, 5.41) is 3.70. The van der Waals surface area contributed by atoms with Crippen LogP contribution in [0.15, 0.2) is 116 Å². The van der Waals surface area contributed by atoms with Gasteiger partial charge in [0.05, 0.1) is 8.07 Å². The molecule has 41 heavy (non-hydrogen) atoms. The smallest absolute Gasteiger partial charge is 0.0795 e. The van der Waals surface area contributed by atoms with Crippen molar-refractivity contribution in [3.8, 4) is 33.6 Å². The van der Waals surface area contributed by atoms with Gasteiger partial charge in [0.15, 0.2) is 0 Å². The fourth-order valence-electron chi connectivity index (χ4n) is 4.05. The third-order valence-corrected chi connectivity index (χ3v) is 8.25. The molecular weight excluding hydrogens is 768 g/mol. The van der Waals surface area contributed by atoms with E-state index in [0.717, 1.165) is 39.0 Å². The Morgan fingerprint density at radius 1 is 0.610 bits per heavy atom. The molecule has 2 aromatic heterocycles. The van der Waals surface area contributed by atoms with Crippen LogP contribution in [0, 0.1) is 24.3 Å². The van der Waals surface area contributed by atoms with Gasteiger partial charge in [-0.2, -0.15) is 5.56 Å². The molecule has 6 aromatic rings. The number of nitrogens with zero attached hydrogens (tertiary/aromatic N) is 2. The zero-order chi connectivity index (χ0) is 26.4. The molecule has 0 fully saturated rings. The van der Waals surface area contributed by atoms with Crippen molar-refractivity contribution in [3.05, 3.63) is 140 Å². The maximum atomic E-state index is 4.52. The number of hydrogen-bond donors (Lipinski definition) is 0. The van der Waals surface area contributed by atoms with Crippen molar-refractivity contribution in [1.82, 2.24) is 9.97 Å². The normalized spacial score (nSPS) is 10.2. The minimum absolute atomic E-state index is 0. The first-order chi connectivity index (χ1) is 18.5. The van der Waals surface area contributed by atoms with E-state index in [1.54, 1.807) is 6.20 Å². The first kappa shape index (κ1) is 34.7. The van der Waals surface area contributed by atoms with Gasteiger partial charge in [-0.25, -0.2) is 6.07 Å². The molecule has 0 atom stereocenters. The van der Waals surface area contributed by atoms with Crippen LogP contribution in [0.25, 0.3) is 44.4 Å². The van der Waals surface area contributed by atoms with Gasteiger partial charge in [0, 0.05) is 73.6 Å². The Labute approximate surface area is 285 Å². The van der Waals surface area contributed by atoms with Crippen molar-refractivity contribution in [2.45, 2.75) is 19.6 Å². The van der Waals surface area contributed by atoms with E-state index in [9.17, 15) is 0 Å². The molecule has 2 heterocycles. The number of benzene rings is 4. The average Bonchev–Trinajstić information content (AvgIpc) is 2.98. The van der Waals surface area contributed by atoms with Crippen LogP contribution in [0.1, 0.15) is 0 Å². The van der Waals surface area contributed by atoms with E-state index < -0.39 is 8.07 Å². The second-order valence-corrected chi connectivity index (χ2v) is 15.1. The standard InChI is InChI=1S/C21H12N.C14H16NSi.B.Ir.Y/c1-2-7-17-14-19(12-11-16(17)6-1)18-8-5-9-20(15-18)21-10-3-4-13-22-21;1-16(2,3)13-9-10-14(15-11-13)12-7-5-4-6-8-12;;;/h1-8,10-13H;4-7,9-11H,1-3H3;;;/q-3;-1;;;. The van der Waals surface area contributed by atoms with Crippen LogP contribution in [0.2, 0.25) is 19.6 Å². The molecule has 4 aromatic carbocycles. The molecule has 5 radical (unpaired) electrons. The topological polar surface area (TPSA) is 25.8 Å². The van der Waals surface area contributed by atoms with Gasteiger partial charge in [-0.15, -0.1) is 71.6 Å². The average molecular weight is 797 g/mol. The predicted molar refractivity (Wildman–Crippen MR) is 166 cm³/mol. The Hall–Kier alpha value is -2.52. The number of hydrogen-bond acceptors (Lipinski definition) is 2. The van der Waals surface area contributed by atoms with Crippen LogP contribution in [-0.4, -0.2) is 26.5 Å². The molecule has 0 N–H and O–H groups in total. The SMILES string of the molecule is C[Si](C)(C)c1ccc(-c2[c-]cccc2)nc1.[B].[Ir].[Y].[c-]1ccc(-c2[c-]c3ccccc3cc2)[c-]c1-c1ccccn1. The zero-order valence-corrected chi connectivity index (χ0v) is 29.6. The van der Waals surface area contributed by atoms with Gasteiger partial charge in [0.1, 0.15) is 0 Å². The first-order valence-electron chi connectivity index (χ1n) is 12.7. The van der Waals surface area contributed by atoms with E-state index in [1.165, 1.54) is 10.6 Å². The summed E-state index contributed by atoms with van der Waals surface area (Å²) in [6.07, 6.45) is 3.80. The van der Waals surface area contributed by atoms with Gasteiger partial charge in [-0.3, -0.25) is 23.3 Å². The van der Waals surface area contributed by atoms with E-state index in [-0.39, 0.29) is 61.2 Å². The van der Waals surface area contributed by atoms with Crippen molar-refractivity contribution in [3.63, 3.8) is 0 Å². The fourth-order valence-corrected chi connectivity index (χ4v) is 5.08. The molecule has 0 spiro atoms. The predicted octanol–water partition coefficient (Wildman–Crippen LogP) is 7.68. The Morgan fingerprint density at radius 2 is 1.37 bits per heavy atom. The van der Waals surface area contributed by atoms with E-state index >= 15 is 0 Å². The van der Waals surface area contributed by atoms with Crippen LogP contribution < -0.4 is 5.19 Å². The zero-order valence-electron chi connectivity index (χ0n) is 23.4. The summed E-state index contributed by atoms with van der Waals surface area (Å²) in [5.74, 6) is 0. The summed E-state index contributed by atoms with van der Waals surface area (Å²) < 4.78 is 0. The summed E-state index contributed by atoms with van der Waals surface area (Å²) >= 11 is 0. The van der Waals surface area contributed by atoms with Gasteiger partial charge >= 0.3 is 0 Å². The Bertz CT molecular complexity index is 1640. The van der Waals surface area contributed by atoms with E-state index in [2.05, 4.69) is 90.3 Å². The van der Waals surface area contributed by atoms with Crippen molar-refractivity contribution < 1.29 is 52.8 Å². The van der Waals surface area contributed by atoms with Crippen LogP contribution in [-0.2, 0) is 52.8 Å². The van der Waals surface area contributed by atoms with Crippen LogP contribution in [0.5, 0.6) is 0 Å². The molecule has 0 aliphatic rings. The molecule has 0 saturated carbocycles. The molecule has 0 aliphatic heterocycles. The molecule has 0 aliphatic carbocycles. The van der Waals surface area contributed by atoms with Gasteiger partial charge in [-0.05, 0) is 16.9 Å². The number of aromatic nitrogens is 2. The molecule has 201 valence electrons. The Morgan fingerprint density at radius 3 is 2.05 bits per heavy atom. The molecule has 0 amide bonds. The van der Waals surface area contributed by atoms with Crippen molar-refractivity contribution in [2.75, 3.05) is 0 Å². The van der Waals surface area contributed by atoms with Crippen LogP contribution >= 0.6 is 0 Å². The number of rotatable bonds is 4. The Kier molecular flexibility index (Phi) is 13.7. The molecule has 0 bridgehead atoms. The largest absolute Gasteiger partial charge is 0.352 e. The van der Waals surface area contributed by atoms with E-state index in [0.29, 0.717) is 0 Å². The van der Waals surface area contributed by atoms with Crippen molar-refractivity contribution >= 4 is 32.4 Å². The Balaban J connectivity index is 0.000000279. The van der Waals surface area contributed by atoms with Crippen molar-refractivity contribution in [1.29, 1.82) is 0 Å². The summed E-state index contributed by atoms with van der Waals surface area (Å²) in [5.41, 5.74) is 5.85. The monoisotopic (exact) mass is 797 g/mol. The summed E-state index contributed by atoms with van der Waals surface area (Å²) in [7, 11) is -1.23. The van der Waals surface area contributed by atoms with Crippen LogP contribution in [0.3, 0.4) is 0 Å². The maximum absolute atomic E-state index is 4.52. The third kappa shape index (κ3) is 9.23. The van der Waals surface area contributed by atoms with Crippen molar-refractivity contribution in [2.24, 2.45) is 0 Å². The van der Waals surface area contributed by atoms with E-state index in [1.807, 2.05) is 72.9 Å². The van der Waals surface area contributed by atoms with Crippen LogP contribution in [0.4, 0.5) is 0 Å².